The lowest BCUT2D eigenvalue weighted by Gasteiger charge is -2.10. The number of carbonyl (C=O) groups is 2. The van der Waals surface area contributed by atoms with Gasteiger partial charge in [0.25, 0.3) is 11.8 Å². The lowest BCUT2D eigenvalue weighted by Crippen LogP contribution is -2.23. The molecule has 1 aromatic heterocycles. The van der Waals surface area contributed by atoms with Crippen molar-refractivity contribution in [2.24, 2.45) is 0 Å². The molecule has 0 fully saturated rings. The van der Waals surface area contributed by atoms with Crippen molar-refractivity contribution in [2.45, 2.75) is 20.4 Å². The molecule has 2 amide bonds. The molecule has 0 aliphatic rings. The zero-order valence-corrected chi connectivity index (χ0v) is 16.4. The van der Waals surface area contributed by atoms with Crippen LogP contribution >= 0.6 is 0 Å². The second-order valence-corrected chi connectivity index (χ2v) is 6.71. The molecule has 1 heterocycles. The summed E-state index contributed by atoms with van der Waals surface area (Å²) in [6, 6.07) is 16.5. The van der Waals surface area contributed by atoms with Crippen LogP contribution in [-0.2, 0) is 11.3 Å². The summed E-state index contributed by atoms with van der Waals surface area (Å²) in [7, 11) is 0. The zero-order chi connectivity index (χ0) is 20.6. The number of benzene rings is 2. The summed E-state index contributed by atoms with van der Waals surface area (Å²) < 4.78 is 5.56. The largest absolute Gasteiger partial charge is 0.484 e. The van der Waals surface area contributed by atoms with Gasteiger partial charge in [0.2, 0.25) is 0 Å². The van der Waals surface area contributed by atoms with E-state index < -0.39 is 0 Å². The number of anilines is 1. The number of nitrogens with one attached hydrogen (secondary N) is 2. The van der Waals surface area contributed by atoms with Crippen LogP contribution in [0.25, 0.3) is 0 Å². The molecule has 0 bridgehead atoms. The zero-order valence-electron chi connectivity index (χ0n) is 16.4. The van der Waals surface area contributed by atoms with E-state index in [1.54, 1.807) is 24.4 Å². The van der Waals surface area contributed by atoms with E-state index in [0.29, 0.717) is 23.5 Å². The summed E-state index contributed by atoms with van der Waals surface area (Å²) in [6.07, 6.45) is 3.13. The van der Waals surface area contributed by atoms with Crippen LogP contribution in [0.15, 0.2) is 67.0 Å². The minimum absolute atomic E-state index is 0.0789. The van der Waals surface area contributed by atoms with Crippen LogP contribution in [0.5, 0.6) is 5.75 Å². The molecule has 6 heteroatoms. The van der Waals surface area contributed by atoms with Gasteiger partial charge >= 0.3 is 0 Å². The van der Waals surface area contributed by atoms with Crippen molar-refractivity contribution < 1.29 is 14.3 Å². The highest BCUT2D eigenvalue weighted by Crippen LogP contribution is 2.16. The maximum atomic E-state index is 12.2. The number of amides is 2. The number of ether oxygens (including phenoxy) is 1. The topological polar surface area (TPSA) is 80.3 Å². The minimum atomic E-state index is -0.250. The lowest BCUT2D eigenvalue weighted by molar-refractivity contribution is -0.118. The Hall–Kier alpha value is -3.67. The fourth-order valence-electron chi connectivity index (χ4n) is 2.69. The van der Waals surface area contributed by atoms with Gasteiger partial charge in [-0.3, -0.25) is 14.6 Å². The average molecular weight is 389 g/mol. The Morgan fingerprint density at radius 3 is 2.62 bits per heavy atom. The SMILES string of the molecule is Cc1ccc(OCC(=O)Nc2cccc(CNC(=O)c3cccnc3)c2)cc1C. The molecular formula is C23H23N3O3. The Morgan fingerprint density at radius 2 is 1.86 bits per heavy atom. The highest BCUT2D eigenvalue weighted by Gasteiger charge is 2.07. The van der Waals surface area contributed by atoms with Crippen molar-refractivity contribution >= 4 is 17.5 Å². The van der Waals surface area contributed by atoms with Crippen LogP contribution in [0, 0.1) is 13.8 Å². The minimum Gasteiger partial charge on any atom is -0.484 e. The summed E-state index contributed by atoms with van der Waals surface area (Å²) in [6.45, 7) is 4.29. The molecule has 0 radical (unpaired) electrons. The first kappa shape index (κ1) is 20.1. The number of aryl methyl sites for hydroxylation is 2. The van der Waals surface area contributed by atoms with Crippen molar-refractivity contribution in [1.29, 1.82) is 0 Å². The maximum Gasteiger partial charge on any atom is 0.262 e. The Labute approximate surface area is 169 Å². The molecular weight excluding hydrogens is 366 g/mol. The number of rotatable bonds is 7. The van der Waals surface area contributed by atoms with Gasteiger partial charge in [0.15, 0.2) is 6.61 Å². The third kappa shape index (κ3) is 5.90. The third-order valence-corrected chi connectivity index (χ3v) is 4.44. The number of hydrogen-bond donors (Lipinski definition) is 2. The number of carbonyl (C=O) groups excluding carboxylic acids is 2. The molecule has 3 aromatic rings. The Kier molecular flexibility index (Phi) is 6.58. The van der Waals surface area contributed by atoms with Gasteiger partial charge in [0.05, 0.1) is 5.56 Å². The van der Waals surface area contributed by atoms with Gasteiger partial charge in [-0.15, -0.1) is 0 Å². The second kappa shape index (κ2) is 9.50. The van der Waals surface area contributed by atoms with Crippen LogP contribution in [-0.4, -0.2) is 23.4 Å². The number of nitrogens with zero attached hydrogens (tertiary/aromatic N) is 1. The van der Waals surface area contributed by atoms with E-state index in [0.717, 1.165) is 11.1 Å². The predicted molar refractivity (Wildman–Crippen MR) is 112 cm³/mol. The van der Waals surface area contributed by atoms with E-state index >= 15 is 0 Å². The van der Waals surface area contributed by atoms with Crippen molar-refractivity contribution in [3.05, 3.63) is 89.2 Å². The van der Waals surface area contributed by atoms with Crippen LogP contribution in [0.1, 0.15) is 27.0 Å². The van der Waals surface area contributed by atoms with Gasteiger partial charge in [-0.2, -0.15) is 0 Å². The molecule has 0 unspecified atom stereocenters. The summed E-state index contributed by atoms with van der Waals surface area (Å²) >= 11 is 0. The molecule has 2 N–H and O–H groups in total. The second-order valence-electron chi connectivity index (χ2n) is 6.71. The van der Waals surface area contributed by atoms with Crippen molar-refractivity contribution in [1.82, 2.24) is 10.3 Å². The van der Waals surface area contributed by atoms with Crippen LogP contribution in [0.2, 0.25) is 0 Å². The molecule has 0 saturated carbocycles. The smallest absolute Gasteiger partial charge is 0.262 e. The van der Waals surface area contributed by atoms with Crippen LogP contribution in [0.4, 0.5) is 5.69 Å². The highest BCUT2D eigenvalue weighted by atomic mass is 16.5. The molecule has 0 atom stereocenters. The summed E-state index contributed by atoms with van der Waals surface area (Å²) in [5.74, 6) is 0.212. The number of hydrogen-bond acceptors (Lipinski definition) is 4. The lowest BCUT2D eigenvalue weighted by atomic mass is 10.1. The predicted octanol–water partition coefficient (Wildman–Crippen LogP) is 3.65. The number of pyridine rings is 1. The molecule has 148 valence electrons. The first-order valence-electron chi connectivity index (χ1n) is 9.28. The molecule has 29 heavy (non-hydrogen) atoms. The molecule has 0 spiro atoms. The highest BCUT2D eigenvalue weighted by molar-refractivity contribution is 5.94. The van der Waals surface area contributed by atoms with Gasteiger partial charge in [0.1, 0.15) is 5.75 Å². The van der Waals surface area contributed by atoms with Gasteiger partial charge in [-0.05, 0) is 66.9 Å². The molecule has 2 aromatic carbocycles. The summed E-state index contributed by atoms with van der Waals surface area (Å²) in [5.41, 5.74) is 4.31. The summed E-state index contributed by atoms with van der Waals surface area (Å²) in [5, 5.41) is 5.65. The first-order valence-corrected chi connectivity index (χ1v) is 9.28. The van der Waals surface area contributed by atoms with E-state index in [-0.39, 0.29) is 18.4 Å². The van der Waals surface area contributed by atoms with Gasteiger partial charge in [-0.25, -0.2) is 0 Å². The van der Waals surface area contributed by atoms with E-state index in [1.807, 2.05) is 50.2 Å². The Morgan fingerprint density at radius 1 is 1.00 bits per heavy atom. The van der Waals surface area contributed by atoms with Gasteiger partial charge in [0, 0.05) is 24.6 Å². The molecule has 6 nitrogen and oxygen atoms in total. The van der Waals surface area contributed by atoms with E-state index in [1.165, 1.54) is 11.8 Å². The number of aromatic nitrogens is 1. The van der Waals surface area contributed by atoms with Crippen LogP contribution < -0.4 is 15.4 Å². The molecule has 0 saturated heterocycles. The fraction of sp³-hybridized carbons (Fsp3) is 0.174. The quantitative estimate of drug-likeness (QED) is 0.646. The average Bonchev–Trinajstić information content (AvgIpc) is 2.74. The Balaban J connectivity index is 1.51. The van der Waals surface area contributed by atoms with Crippen LogP contribution in [0.3, 0.4) is 0 Å². The normalized spacial score (nSPS) is 10.3. The molecule has 0 aliphatic carbocycles. The Bertz CT molecular complexity index is 1000. The van der Waals surface area contributed by atoms with E-state index in [9.17, 15) is 9.59 Å². The fourth-order valence-corrected chi connectivity index (χ4v) is 2.69. The maximum absolute atomic E-state index is 12.2. The molecule has 3 rings (SSSR count). The standard InChI is InChI=1S/C23H23N3O3/c1-16-8-9-21(11-17(16)2)29-15-22(27)26-20-7-3-5-18(12-20)13-25-23(28)19-6-4-10-24-14-19/h3-12,14H,13,15H2,1-2H3,(H,25,28)(H,26,27). The van der Waals surface area contributed by atoms with E-state index in [4.69, 9.17) is 4.74 Å². The van der Waals surface area contributed by atoms with Crippen molar-refractivity contribution in [3.8, 4) is 5.75 Å². The third-order valence-electron chi connectivity index (χ3n) is 4.44. The van der Waals surface area contributed by atoms with E-state index in [2.05, 4.69) is 15.6 Å². The molecule has 0 aliphatic heterocycles. The van der Waals surface area contributed by atoms with Crippen molar-refractivity contribution in [3.63, 3.8) is 0 Å². The van der Waals surface area contributed by atoms with Gasteiger partial charge in [-0.1, -0.05) is 18.2 Å². The monoisotopic (exact) mass is 389 g/mol. The van der Waals surface area contributed by atoms with Gasteiger partial charge < -0.3 is 15.4 Å². The summed E-state index contributed by atoms with van der Waals surface area (Å²) in [4.78, 5) is 28.2. The first-order chi connectivity index (χ1) is 14.0. The van der Waals surface area contributed by atoms with Crippen molar-refractivity contribution in [2.75, 3.05) is 11.9 Å².